The van der Waals surface area contributed by atoms with Crippen LogP contribution in [0.4, 0.5) is 0 Å². The lowest BCUT2D eigenvalue weighted by molar-refractivity contribution is 0.0998. The second-order valence-electron chi connectivity index (χ2n) is 5.95. The highest BCUT2D eigenvalue weighted by atomic mass is 16.5. The molecule has 0 spiro atoms. The second-order valence-corrected chi connectivity index (χ2v) is 5.95. The summed E-state index contributed by atoms with van der Waals surface area (Å²) in [6, 6.07) is 0. The Kier molecular flexibility index (Phi) is 2.81. The van der Waals surface area contributed by atoms with Crippen LogP contribution in [-0.2, 0) is 24.1 Å². The fourth-order valence-electron chi connectivity index (χ4n) is 3.83. The van der Waals surface area contributed by atoms with Gasteiger partial charge in [0, 0.05) is 18.2 Å². The zero-order valence-electron chi connectivity index (χ0n) is 11.5. The summed E-state index contributed by atoms with van der Waals surface area (Å²) in [5.74, 6) is 1.49. The molecule has 1 N–H and O–H groups in total. The van der Waals surface area contributed by atoms with Crippen LogP contribution in [0.25, 0.3) is 0 Å². The van der Waals surface area contributed by atoms with Crippen LogP contribution in [0.15, 0.2) is 0 Å². The number of nitrogens with zero attached hydrogens (tertiary/aromatic N) is 2. The highest BCUT2D eigenvalue weighted by Gasteiger charge is 2.43. The van der Waals surface area contributed by atoms with Gasteiger partial charge in [0.15, 0.2) is 0 Å². The third kappa shape index (κ3) is 1.89. The molecule has 4 heteroatoms. The molecule has 4 heterocycles. The maximum Gasteiger partial charge on any atom is 0.134 e. The molecule has 3 aliphatic heterocycles. The van der Waals surface area contributed by atoms with Gasteiger partial charge in [0.2, 0.25) is 0 Å². The van der Waals surface area contributed by atoms with Crippen LogP contribution in [0.5, 0.6) is 0 Å². The van der Waals surface area contributed by atoms with Gasteiger partial charge in [0.25, 0.3) is 0 Å². The molecule has 102 valence electrons. The minimum atomic E-state index is 0.379. The Balaban J connectivity index is 1.72. The van der Waals surface area contributed by atoms with Gasteiger partial charge in [-0.15, -0.1) is 0 Å². The van der Waals surface area contributed by atoms with Gasteiger partial charge in [-0.25, -0.2) is 9.97 Å². The normalized spacial score (nSPS) is 32.6. The van der Waals surface area contributed by atoms with E-state index in [2.05, 4.69) is 12.2 Å². The Hall–Kier alpha value is -1.00. The topological polar surface area (TPSA) is 47.0 Å². The van der Waals surface area contributed by atoms with Gasteiger partial charge in [0.05, 0.1) is 17.9 Å². The number of ether oxygens (including phenoxy) is 1. The summed E-state index contributed by atoms with van der Waals surface area (Å²) >= 11 is 0. The minimum absolute atomic E-state index is 0.379. The van der Waals surface area contributed by atoms with Gasteiger partial charge >= 0.3 is 0 Å². The minimum Gasteiger partial charge on any atom is -0.374 e. The van der Waals surface area contributed by atoms with E-state index in [0.717, 1.165) is 38.2 Å². The summed E-state index contributed by atoms with van der Waals surface area (Å²) in [4.78, 5) is 9.76. The Labute approximate surface area is 114 Å². The molecule has 2 saturated heterocycles. The van der Waals surface area contributed by atoms with Gasteiger partial charge < -0.3 is 10.1 Å². The summed E-state index contributed by atoms with van der Waals surface area (Å²) in [5, 5.41) is 3.42. The van der Waals surface area contributed by atoms with E-state index in [1.165, 1.54) is 29.8 Å². The van der Waals surface area contributed by atoms with Crippen LogP contribution >= 0.6 is 0 Å². The SMILES string of the molecule is CCc1nc(C2CC3CCC2O3)nc2c1CCNC2. The van der Waals surface area contributed by atoms with Crippen molar-refractivity contribution in [2.75, 3.05) is 6.54 Å². The van der Waals surface area contributed by atoms with Crippen molar-refractivity contribution in [2.24, 2.45) is 0 Å². The van der Waals surface area contributed by atoms with Crippen molar-refractivity contribution in [1.29, 1.82) is 0 Å². The van der Waals surface area contributed by atoms with Gasteiger partial charge in [-0.05, 0) is 44.2 Å². The molecule has 4 nitrogen and oxygen atoms in total. The molecule has 2 bridgehead atoms. The van der Waals surface area contributed by atoms with Crippen molar-refractivity contribution in [1.82, 2.24) is 15.3 Å². The quantitative estimate of drug-likeness (QED) is 0.878. The fourth-order valence-corrected chi connectivity index (χ4v) is 3.83. The van der Waals surface area contributed by atoms with Crippen LogP contribution in [0.3, 0.4) is 0 Å². The van der Waals surface area contributed by atoms with E-state index in [-0.39, 0.29) is 0 Å². The smallest absolute Gasteiger partial charge is 0.134 e. The Bertz CT molecular complexity index is 485. The van der Waals surface area contributed by atoms with E-state index in [9.17, 15) is 0 Å². The van der Waals surface area contributed by atoms with E-state index in [1.54, 1.807) is 0 Å². The van der Waals surface area contributed by atoms with Crippen LogP contribution in [0.1, 0.15) is 54.9 Å². The third-order valence-corrected chi connectivity index (χ3v) is 4.81. The first-order chi connectivity index (χ1) is 9.35. The highest BCUT2D eigenvalue weighted by Crippen LogP contribution is 2.43. The standard InChI is InChI=1S/C15H21N3O/c1-2-12-10-5-6-16-8-13(10)18-15(17-12)11-7-9-3-4-14(11)19-9/h9,11,14,16H,2-8H2,1H3. The first kappa shape index (κ1) is 11.8. The average Bonchev–Trinajstić information content (AvgIpc) is 3.08. The van der Waals surface area contributed by atoms with E-state index in [4.69, 9.17) is 14.7 Å². The molecule has 4 rings (SSSR count). The molecular weight excluding hydrogens is 238 g/mol. The van der Waals surface area contributed by atoms with Gasteiger partial charge in [-0.2, -0.15) is 0 Å². The third-order valence-electron chi connectivity index (χ3n) is 4.81. The number of hydrogen-bond acceptors (Lipinski definition) is 4. The van der Waals surface area contributed by atoms with E-state index in [0.29, 0.717) is 18.1 Å². The van der Waals surface area contributed by atoms with Gasteiger partial charge in [-0.1, -0.05) is 6.92 Å². The van der Waals surface area contributed by atoms with E-state index < -0.39 is 0 Å². The molecule has 19 heavy (non-hydrogen) atoms. The number of rotatable bonds is 2. The maximum absolute atomic E-state index is 5.96. The summed E-state index contributed by atoms with van der Waals surface area (Å²) in [6.07, 6.45) is 6.48. The number of fused-ring (bicyclic) bond motifs is 3. The summed E-state index contributed by atoms with van der Waals surface area (Å²) < 4.78 is 5.96. The van der Waals surface area contributed by atoms with Crippen molar-refractivity contribution in [3.8, 4) is 0 Å². The zero-order valence-corrected chi connectivity index (χ0v) is 11.5. The lowest BCUT2D eigenvalue weighted by atomic mass is 9.88. The molecule has 1 aromatic rings. The number of aryl methyl sites for hydroxylation is 1. The number of nitrogens with one attached hydrogen (secondary N) is 1. The molecule has 0 aliphatic carbocycles. The molecular formula is C15H21N3O. The van der Waals surface area contributed by atoms with Gasteiger partial charge in [0.1, 0.15) is 5.82 Å². The fraction of sp³-hybridized carbons (Fsp3) is 0.733. The summed E-state index contributed by atoms with van der Waals surface area (Å²) in [7, 11) is 0. The Morgan fingerprint density at radius 3 is 3.00 bits per heavy atom. The van der Waals surface area contributed by atoms with Gasteiger partial charge in [-0.3, -0.25) is 0 Å². The van der Waals surface area contributed by atoms with Crippen molar-refractivity contribution in [3.63, 3.8) is 0 Å². The predicted molar refractivity (Wildman–Crippen MR) is 72.1 cm³/mol. The first-order valence-corrected chi connectivity index (χ1v) is 7.60. The lowest BCUT2D eigenvalue weighted by Gasteiger charge is -2.23. The Morgan fingerprint density at radius 2 is 2.26 bits per heavy atom. The molecule has 3 atom stereocenters. The molecule has 1 aromatic heterocycles. The van der Waals surface area contributed by atoms with E-state index >= 15 is 0 Å². The molecule has 0 amide bonds. The van der Waals surface area contributed by atoms with Crippen molar-refractivity contribution < 1.29 is 4.74 Å². The zero-order chi connectivity index (χ0) is 12.8. The molecule has 0 radical (unpaired) electrons. The summed E-state index contributed by atoms with van der Waals surface area (Å²) in [6.45, 7) is 4.16. The lowest BCUT2D eigenvalue weighted by Crippen LogP contribution is -2.28. The average molecular weight is 259 g/mol. The molecule has 3 aliphatic rings. The van der Waals surface area contributed by atoms with Crippen LogP contribution in [0, 0.1) is 0 Å². The maximum atomic E-state index is 5.96. The monoisotopic (exact) mass is 259 g/mol. The predicted octanol–water partition coefficient (Wildman–Crippen LogP) is 1.72. The highest BCUT2D eigenvalue weighted by molar-refractivity contribution is 5.29. The van der Waals surface area contributed by atoms with Crippen LogP contribution < -0.4 is 5.32 Å². The van der Waals surface area contributed by atoms with Crippen LogP contribution in [-0.4, -0.2) is 28.7 Å². The molecule has 3 unspecified atom stereocenters. The van der Waals surface area contributed by atoms with Crippen LogP contribution in [0.2, 0.25) is 0 Å². The summed E-state index contributed by atoms with van der Waals surface area (Å²) in [5.41, 5.74) is 3.90. The van der Waals surface area contributed by atoms with E-state index in [1.807, 2.05) is 0 Å². The van der Waals surface area contributed by atoms with Crippen molar-refractivity contribution >= 4 is 0 Å². The molecule has 2 fully saturated rings. The van der Waals surface area contributed by atoms with Crippen molar-refractivity contribution in [2.45, 2.75) is 63.7 Å². The second kappa shape index (κ2) is 4.53. The molecule has 0 aromatic carbocycles. The Morgan fingerprint density at radius 1 is 1.32 bits per heavy atom. The first-order valence-electron chi connectivity index (χ1n) is 7.60. The number of aromatic nitrogens is 2. The van der Waals surface area contributed by atoms with Crippen molar-refractivity contribution in [3.05, 3.63) is 22.8 Å². The number of hydrogen-bond donors (Lipinski definition) is 1. The largest absolute Gasteiger partial charge is 0.374 e. The molecule has 0 saturated carbocycles.